The third kappa shape index (κ3) is 5.39. The lowest BCUT2D eigenvalue weighted by Gasteiger charge is -2.14. The maximum absolute atomic E-state index is 12.9. The number of aromatic nitrogens is 4. The van der Waals surface area contributed by atoms with Gasteiger partial charge in [-0.05, 0) is 59.0 Å². The summed E-state index contributed by atoms with van der Waals surface area (Å²) in [6.07, 6.45) is -1.43. The van der Waals surface area contributed by atoms with Gasteiger partial charge in [0, 0.05) is 28.0 Å². The number of rotatable bonds is 9. The molecular weight excluding hydrogens is 458 g/mol. The van der Waals surface area contributed by atoms with E-state index in [1.807, 2.05) is 48.5 Å². The molecule has 0 saturated carbocycles. The number of aromatic amines is 1. The van der Waals surface area contributed by atoms with Gasteiger partial charge in [-0.2, -0.15) is 0 Å². The summed E-state index contributed by atoms with van der Waals surface area (Å²) in [5.74, 6) is -0.765. The standard InChI is InChI=1S/C23H19N5O5S/c1-32-23(22(30)31)33-15-12-10-14(11-13-15)21(29)24-17-7-3-5-9-19(17)34-18-8-4-2-6-16(18)20-25-27-28-26-20/h2-13,23H,1H3,(H,24,29)(H,30,31)(H,25,26,27,28). The Morgan fingerprint density at radius 2 is 1.71 bits per heavy atom. The Hall–Kier alpha value is -4.22. The molecule has 3 N–H and O–H groups in total. The topological polar surface area (TPSA) is 139 Å². The van der Waals surface area contributed by atoms with E-state index in [-0.39, 0.29) is 11.7 Å². The van der Waals surface area contributed by atoms with Crippen LogP contribution in [0.1, 0.15) is 10.4 Å². The van der Waals surface area contributed by atoms with Crippen LogP contribution in [-0.2, 0) is 9.53 Å². The molecule has 1 unspecified atom stereocenters. The van der Waals surface area contributed by atoms with Crippen LogP contribution < -0.4 is 10.1 Å². The molecule has 1 aromatic heterocycles. The normalized spacial score (nSPS) is 11.6. The molecule has 3 aromatic carbocycles. The molecule has 0 radical (unpaired) electrons. The number of tetrazole rings is 1. The average molecular weight is 478 g/mol. The van der Waals surface area contributed by atoms with Crippen LogP contribution in [0.4, 0.5) is 5.69 Å². The van der Waals surface area contributed by atoms with Crippen molar-refractivity contribution in [1.29, 1.82) is 0 Å². The monoisotopic (exact) mass is 477 g/mol. The third-order valence-electron chi connectivity index (χ3n) is 4.62. The molecule has 0 spiro atoms. The number of ether oxygens (including phenoxy) is 2. The number of nitrogens with one attached hydrogen (secondary N) is 2. The first-order valence-electron chi connectivity index (χ1n) is 9.99. The summed E-state index contributed by atoms with van der Waals surface area (Å²) in [6, 6.07) is 21.2. The Labute approximate surface area is 198 Å². The van der Waals surface area contributed by atoms with Crippen LogP contribution in [0.25, 0.3) is 11.4 Å². The number of benzene rings is 3. The second kappa shape index (κ2) is 10.6. The van der Waals surface area contributed by atoms with Crippen LogP contribution >= 0.6 is 11.8 Å². The lowest BCUT2D eigenvalue weighted by Crippen LogP contribution is -2.28. The molecule has 172 valence electrons. The highest BCUT2D eigenvalue weighted by atomic mass is 32.2. The van der Waals surface area contributed by atoms with Gasteiger partial charge in [-0.25, -0.2) is 9.89 Å². The Bertz CT molecular complexity index is 1280. The van der Waals surface area contributed by atoms with Crippen molar-refractivity contribution in [2.75, 3.05) is 12.4 Å². The third-order valence-corrected chi connectivity index (χ3v) is 5.77. The van der Waals surface area contributed by atoms with Gasteiger partial charge < -0.3 is 19.9 Å². The number of nitrogens with zero attached hydrogens (tertiary/aromatic N) is 3. The van der Waals surface area contributed by atoms with Crippen molar-refractivity contribution in [2.24, 2.45) is 0 Å². The van der Waals surface area contributed by atoms with Gasteiger partial charge in [-0.15, -0.1) is 5.10 Å². The predicted octanol–water partition coefficient (Wildman–Crippen LogP) is 3.71. The number of methoxy groups -OCH3 is 1. The fraction of sp³-hybridized carbons (Fsp3) is 0.0870. The molecule has 1 atom stereocenters. The van der Waals surface area contributed by atoms with Crippen LogP contribution in [0.2, 0.25) is 0 Å². The second-order valence-corrected chi connectivity index (χ2v) is 7.93. The lowest BCUT2D eigenvalue weighted by molar-refractivity contribution is -0.166. The zero-order valence-electron chi connectivity index (χ0n) is 17.8. The van der Waals surface area contributed by atoms with E-state index in [0.29, 0.717) is 17.1 Å². The Balaban J connectivity index is 1.50. The minimum absolute atomic E-state index is 0.264. The molecule has 0 aliphatic heterocycles. The number of hydrogen-bond donors (Lipinski definition) is 3. The Morgan fingerprint density at radius 3 is 2.38 bits per heavy atom. The quantitative estimate of drug-likeness (QED) is 0.308. The summed E-state index contributed by atoms with van der Waals surface area (Å²) in [4.78, 5) is 25.6. The van der Waals surface area contributed by atoms with Crippen molar-refractivity contribution in [3.8, 4) is 17.1 Å². The second-order valence-electron chi connectivity index (χ2n) is 6.85. The molecule has 0 aliphatic carbocycles. The Morgan fingerprint density at radius 1 is 1.00 bits per heavy atom. The molecule has 0 aliphatic rings. The van der Waals surface area contributed by atoms with E-state index in [4.69, 9.17) is 14.6 Å². The van der Waals surface area contributed by atoms with Gasteiger partial charge in [0.05, 0.1) is 5.69 Å². The van der Waals surface area contributed by atoms with Crippen molar-refractivity contribution in [3.63, 3.8) is 0 Å². The molecule has 0 saturated heterocycles. The van der Waals surface area contributed by atoms with Crippen molar-refractivity contribution < 1.29 is 24.2 Å². The summed E-state index contributed by atoms with van der Waals surface area (Å²) >= 11 is 1.47. The number of aliphatic carboxylic acids is 1. The summed E-state index contributed by atoms with van der Waals surface area (Å²) in [5, 5.41) is 26.0. The fourth-order valence-corrected chi connectivity index (χ4v) is 4.04. The van der Waals surface area contributed by atoms with Gasteiger partial charge >= 0.3 is 5.97 Å². The van der Waals surface area contributed by atoms with Gasteiger partial charge in [-0.1, -0.05) is 36.0 Å². The van der Waals surface area contributed by atoms with E-state index in [9.17, 15) is 9.59 Å². The summed E-state index contributed by atoms with van der Waals surface area (Å²) in [7, 11) is 1.23. The molecule has 1 amide bonds. The van der Waals surface area contributed by atoms with Gasteiger partial charge in [-0.3, -0.25) is 4.79 Å². The zero-order chi connectivity index (χ0) is 23.9. The van der Waals surface area contributed by atoms with Crippen LogP contribution in [0.3, 0.4) is 0 Å². The van der Waals surface area contributed by atoms with Crippen molar-refractivity contribution in [2.45, 2.75) is 16.1 Å². The van der Waals surface area contributed by atoms with Crippen LogP contribution in [0.5, 0.6) is 5.75 Å². The van der Waals surface area contributed by atoms with E-state index in [2.05, 4.69) is 25.9 Å². The smallest absolute Gasteiger partial charge is 0.373 e. The molecule has 4 aromatic rings. The number of H-pyrrole nitrogens is 1. The average Bonchev–Trinajstić information content (AvgIpc) is 3.39. The molecule has 34 heavy (non-hydrogen) atoms. The van der Waals surface area contributed by atoms with Crippen LogP contribution in [-0.4, -0.2) is 51.0 Å². The molecule has 11 heteroatoms. The molecule has 0 fully saturated rings. The number of amides is 1. The van der Waals surface area contributed by atoms with Gasteiger partial charge in [0.25, 0.3) is 12.2 Å². The highest BCUT2D eigenvalue weighted by Gasteiger charge is 2.18. The van der Waals surface area contributed by atoms with Gasteiger partial charge in [0.1, 0.15) is 5.75 Å². The molecule has 1 heterocycles. The minimum atomic E-state index is -1.43. The van der Waals surface area contributed by atoms with E-state index < -0.39 is 12.3 Å². The zero-order valence-corrected chi connectivity index (χ0v) is 18.7. The highest BCUT2D eigenvalue weighted by molar-refractivity contribution is 7.99. The molecule has 10 nitrogen and oxygen atoms in total. The number of anilines is 1. The number of para-hydroxylation sites is 1. The van der Waals surface area contributed by atoms with Crippen molar-refractivity contribution in [1.82, 2.24) is 20.6 Å². The van der Waals surface area contributed by atoms with E-state index >= 15 is 0 Å². The SMILES string of the molecule is COC(Oc1ccc(C(=O)Nc2ccccc2Sc2ccccc2-c2nnn[nH]2)cc1)C(=O)O. The number of carboxylic acid groups (broad SMARTS) is 1. The Kier molecular flexibility index (Phi) is 7.16. The fourth-order valence-electron chi connectivity index (χ4n) is 3.00. The predicted molar refractivity (Wildman–Crippen MR) is 124 cm³/mol. The number of carbonyl (C=O) groups excluding carboxylic acids is 1. The first kappa shape index (κ1) is 23.0. The molecular formula is C23H19N5O5S. The maximum Gasteiger partial charge on any atom is 0.373 e. The molecule has 4 rings (SSSR count). The van der Waals surface area contributed by atoms with E-state index in [0.717, 1.165) is 15.4 Å². The number of carboxylic acids is 1. The van der Waals surface area contributed by atoms with E-state index in [1.54, 1.807) is 12.1 Å². The minimum Gasteiger partial charge on any atom is -0.477 e. The summed E-state index contributed by atoms with van der Waals surface area (Å²) in [6.45, 7) is 0. The highest BCUT2D eigenvalue weighted by Crippen LogP contribution is 2.38. The number of hydrogen-bond acceptors (Lipinski definition) is 8. The number of carbonyl (C=O) groups is 2. The first-order valence-corrected chi connectivity index (χ1v) is 10.8. The van der Waals surface area contributed by atoms with Gasteiger partial charge in [0.2, 0.25) is 0 Å². The van der Waals surface area contributed by atoms with Crippen molar-refractivity contribution in [3.05, 3.63) is 78.4 Å². The largest absolute Gasteiger partial charge is 0.477 e. The maximum atomic E-state index is 12.9. The van der Waals surface area contributed by atoms with Crippen molar-refractivity contribution >= 4 is 29.3 Å². The summed E-state index contributed by atoms with van der Waals surface area (Å²) < 4.78 is 9.98. The van der Waals surface area contributed by atoms with Gasteiger partial charge in [0.15, 0.2) is 5.82 Å². The van der Waals surface area contributed by atoms with Crippen LogP contribution in [0.15, 0.2) is 82.6 Å². The van der Waals surface area contributed by atoms with Crippen LogP contribution in [0, 0.1) is 0 Å². The van der Waals surface area contributed by atoms with E-state index in [1.165, 1.54) is 31.0 Å². The molecule has 0 bridgehead atoms. The lowest BCUT2D eigenvalue weighted by atomic mass is 10.2. The summed E-state index contributed by atoms with van der Waals surface area (Å²) in [5.41, 5.74) is 1.85. The first-order chi connectivity index (χ1) is 16.5.